The zero-order valence-corrected chi connectivity index (χ0v) is 8.62. The predicted octanol–water partition coefficient (Wildman–Crippen LogP) is 0.646. The second kappa shape index (κ2) is 5.98. The van der Waals surface area contributed by atoms with Crippen molar-refractivity contribution in [1.29, 1.82) is 0 Å². The fourth-order valence-electron chi connectivity index (χ4n) is 0.889. The molecule has 0 spiro atoms. The van der Waals surface area contributed by atoms with Gasteiger partial charge in [-0.1, -0.05) is 6.07 Å². The lowest BCUT2D eigenvalue weighted by molar-refractivity contribution is -0.117. The first-order valence-electron chi connectivity index (χ1n) is 4.25. The van der Waals surface area contributed by atoms with Gasteiger partial charge in [0, 0.05) is 18.9 Å². The van der Waals surface area contributed by atoms with Crippen LogP contribution >= 0.6 is 11.6 Å². The van der Waals surface area contributed by atoms with Crippen molar-refractivity contribution in [3.05, 3.63) is 30.1 Å². The lowest BCUT2D eigenvalue weighted by Gasteiger charge is -2.04. The SMILES string of the molecule is O=C(CCl)NC(=O)NCc1cccnc1. The van der Waals surface area contributed by atoms with Crippen molar-refractivity contribution in [2.75, 3.05) is 5.88 Å². The number of nitrogens with zero attached hydrogens (tertiary/aromatic N) is 1. The minimum absolute atomic E-state index is 0.236. The van der Waals surface area contributed by atoms with Gasteiger partial charge in [0.25, 0.3) is 0 Å². The Labute approximate surface area is 91.8 Å². The van der Waals surface area contributed by atoms with E-state index < -0.39 is 11.9 Å². The molecule has 0 bridgehead atoms. The van der Waals surface area contributed by atoms with Crippen LogP contribution in [0.5, 0.6) is 0 Å². The van der Waals surface area contributed by atoms with E-state index in [0.29, 0.717) is 6.54 Å². The molecule has 0 fully saturated rings. The molecule has 1 aromatic rings. The molecule has 15 heavy (non-hydrogen) atoms. The van der Waals surface area contributed by atoms with E-state index in [1.54, 1.807) is 18.5 Å². The second-order valence-electron chi connectivity index (χ2n) is 2.73. The predicted molar refractivity (Wildman–Crippen MR) is 55.3 cm³/mol. The van der Waals surface area contributed by atoms with Gasteiger partial charge in [0.05, 0.1) is 0 Å². The van der Waals surface area contributed by atoms with Crippen molar-refractivity contribution >= 4 is 23.5 Å². The summed E-state index contributed by atoms with van der Waals surface area (Å²) in [4.78, 5) is 25.7. The zero-order valence-electron chi connectivity index (χ0n) is 7.87. The van der Waals surface area contributed by atoms with Gasteiger partial charge in [0.2, 0.25) is 5.91 Å². The molecule has 0 saturated heterocycles. The average molecular weight is 228 g/mol. The number of carbonyl (C=O) groups excluding carboxylic acids is 2. The number of hydrogen-bond donors (Lipinski definition) is 2. The molecule has 3 amide bonds. The number of carbonyl (C=O) groups is 2. The van der Waals surface area contributed by atoms with Gasteiger partial charge in [0.15, 0.2) is 0 Å². The number of halogens is 1. The van der Waals surface area contributed by atoms with Crippen molar-refractivity contribution in [1.82, 2.24) is 15.6 Å². The number of imide groups is 1. The Morgan fingerprint density at radius 3 is 2.87 bits per heavy atom. The summed E-state index contributed by atoms with van der Waals surface area (Å²) in [7, 11) is 0. The molecule has 0 saturated carbocycles. The van der Waals surface area contributed by atoms with E-state index in [9.17, 15) is 9.59 Å². The van der Waals surface area contributed by atoms with E-state index in [0.717, 1.165) is 5.56 Å². The van der Waals surface area contributed by atoms with Crippen molar-refractivity contribution in [2.24, 2.45) is 0 Å². The molecule has 0 aliphatic carbocycles. The number of pyridine rings is 1. The first-order valence-corrected chi connectivity index (χ1v) is 4.78. The van der Waals surface area contributed by atoms with Crippen LogP contribution in [-0.4, -0.2) is 22.8 Å². The molecule has 1 aromatic heterocycles. The summed E-state index contributed by atoms with van der Waals surface area (Å²) in [5.41, 5.74) is 0.853. The van der Waals surface area contributed by atoms with Crippen molar-refractivity contribution < 1.29 is 9.59 Å². The molecule has 0 radical (unpaired) electrons. The van der Waals surface area contributed by atoms with Gasteiger partial charge in [-0.2, -0.15) is 0 Å². The summed E-state index contributed by atoms with van der Waals surface area (Å²) >= 11 is 5.21. The smallest absolute Gasteiger partial charge is 0.321 e. The summed E-state index contributed by atoms with van der Waals surface area (Å²) in [6.07, 6.45) is 3.27. The Morgan fingerprint density at radius 2 is 2.27 bits per heavy atom. The van der Waals surface area contributed by atoms with E-state index in [1.165, 1.54) is 0 Å². The molecule has 1 rings (SSSR count). The number of hydrogen-bond acceptors (Lipinski definition) is 3. The Kier molecular flexibility index (Phi) is 4.56. The monoisotopic (exact) mass is 227 g/mol. The topological polar surface area (TPSA) is 71.1 Å². The van der Waals surface area contributed by atoms with Crippen LogP contribution in [0.4, 0.5) is 4.79 Å². The third-order valence-corrected chi connectivity index (χ3v) is 1.79. The highest BCUT2D eigenvalue weighted by Gasteiger charge is 2.04. The molecular formula is C9H10ClN3O2. The van der Waals surface area contributed by atoms with E-state index in [-0.39, 0.29) is 5.88 Å². The van der Waals surface area contributed by atoms with E-state index in [2.05, 4.69) is 15.6 Å². The molecule has 0 aromatic carbocycles. The molecule has 0 atom stereocenters. The van der Waals surface area contributed by atoms with Crippen LogP contribution in [0, 0.1) is 0 Å². The number of nitrogens with one attached hydrogen (secondary N) is 2. The zero-order chi connectivity index (χ0) is 11.1. The van der Waals surface area contributed by atoms with Crippen LogP contribution in [0.1, 0.15) is 5.56 Å². The molecule has 5 nitrogen and oxygen atoms in total. The Bertz CT molecular complexity index is 342. The lowest BCUT2D eigenvalue weighted by atomic mass is 10.3. The fraction of sp³-hybridized carbons (Fsp3) is 0.222. The van der Waals surface area contributed by atoms with Crippen LogP contribution in [0.2, 0.25) is 0 Å². The molecule has 1 heterocycles. The highest BCUT2D eigenvalue weighted by molar-refractivity contribution is 6.28. The van der Waals surface area contributed by atoms with Gasteiger partial charge in [-0.25, -0.2) is 4.79 Å². The third kappa shape index (κ3) is 4.42. The van der Waals surface area contributed by atoms with Gasteiger partial charge in [-0.05, 0) is 11.6 Å². The molecule has 80 valence electrons. The maximum atomic E-state index is 11.1. The lowest BCUT2D eigenvalue weighted by Crippen LogP contribution is -2.39. The highest BCUT2D eigenvalue weighted by atomic mass is 35.5. The molecule has 6 heteroatoms. The fourth-order valence-corrected chi connectivity index (χ4v) is 0.956. The van der Waals surface area contributed by atoms with Crippen LogP contribution in [0.25, 0.3) is 0 Å². The standard InChI is InChI=1S/C9H10ClN3O2/c10-4-8(14)13-9(15)12-6-7-2-1-3-11-5-7/h1-3,5H,4,6H2,(H2,12,13,14,15). The first kappa shape index (κ1) is 11.5. The normalized spacial score (nSPS) is 9.40. The van der Waals surface area contributed by atoms with Gasteiger partial charge >= 0.3 is 6.03 Å². The minimum atomic E-state index is -0.565. The Balaban J connectivity index is 2.32. The first-order chi connectivity index (χ1) is 7.22. The summed E-state index contributed by atoms with van der Waals surface area (Å²) in [5, 5.41) is 4.55. The van der Waals surface area contributed by atoms with Gasteiger partial charge in [0.1, 0.15) is 5.88 Å². The number of urea groups is 1. The molecular weight excluding hydrogens is 218 g/mol. The quantitative estimate of drug-likeness (QED) is 0.745. The van der Waals surface area contributed by atoms with Crippen LogP contribution in [0.15, 0.2) is 24.5 Å². The van der Waals surface area contributed by atoms with Gasteiger partial charge in [-0.3, -0.25) is 15.1 Å². The largest absolute Gasteiger partial charge is 0.334 e. The maximum absolute atomic E-state index is 11.1. The van der Waals surface area contributed by atoms with Gasteiger partial charge in [-0.15, -0.1) is 11.6 Å². The van der Waals surface area contributed by atoms with Crippen LogP contribution in [-0.2, 0) is 11.3 Å². The number of aromatic nitrogens is 1. The minimum Gasteiger partial charge on any atom is -0.334 e. The number of amides is 3. The third-order valence-electron chi connectivity index (χ3n) is 1.55. The number of alkyl halides is 1. The maximum Gasteiger partial charge on any atom is 0.321 e. The highest BCUT2D eigenvalue weighted by Crippen LogP contribution is 1.93. The van der Waals surface area contributed by atoms with Gasteiger partial charge < -0.3 is 5.32 Å². The number of rotatable bonds is 3. The average Bonchev–Trinajstić information content (AvgIpc) is 2.27. The summed E-state index contributed by atoms with van der Waals surface area (Å²) in [6, 6.07) is 3.01. The molecule has 2 N–H and O–H groups in total. The van der Waals surface area contributed by atoms with E-state index >= 15 is 0 Å². The summed E-state index contributed by atoms with van der Waals surface area (Å²) < 4.78 is 0. The molecule has 0 aliphatic rings. The Hall–Kier alpha value is -1.62. The Morgan fingerprint density at radius 1 is 1.47 bits per heavy atom. The van der Waals surface area contributed by atoms with Crippen molar-refractivity contribution in [2.45, 2.75) is 6.54 Å². The summed E-state index contributed by atoms with van der Waals surface area (Å²) in [6.45, 7) is 0.315. The molecule has 0 unspecified atom stereocenters. The van der Waals surface area contributed by atoms with Crippen LogP contribution < -0.4 is 10.6 Å². The molecule has 0 aliphatic heterocycles. The second-order valence-corrected chi connectivity index (χ2v) is 2.99. The van der Waals surface area contributed by atoms with E-state index in [1.807, 2.05) is 6.07 Å². The van der Waals surface area contributed by atoms with E-state index in [4.69, 9.17) is 11.6 Å². The van der Waals surface area contributed by atoms with Crippen molar-refractivity contribution in [3.63, 3.8) is 0 Å². The van der Waals surface area contributed by atoms with Crippen LogP contribution in [0.3, 0.4) is 0 Å². The summed E-state index contributed by atoms with van der Waals surface area (Å²) in [5.74, 6) is -0.763. The van der Waals surface area contributed by atoms with Crippen molar-refractivity contribution in [3.8, 4) is 0 Å².